The van der Waals surface area contributed by atoms with Gasteiger partial charge in [0.1, 0.15) is 0 Å². The van der Waals surface area contributed by atoms with Crippen LogP contribution in [0.25, 0.3) is 0 Å². The molecule has 0 aliphatic rings. The van der Waals surface area contributed by atoms with Gasteiger partial charge in [-0.05, 0) is 19.3 Å². The maximum absolute atomic E-state index is 4.36. The molecule has 0 aromatic carbocycles. The van der Waals surface area contributed by atoms with E-state index in [4.69, 9.17) is 0 Å². The summed E-state index contributed by atoms with van der Waals surface area (Å²) >= 11 is 0. The fourth-order valence-electron chi connectivity index (χ4n) is 0.471. The van der Waals surface area contributed by atoms with Crippen LogP contribution in [0.3, 0.4) is 0 Å². The van der Waals surface area contributed by atoms with E-state index >= 15 is 0 Å². The molecule has 0 spiro atoms. The van der Waals surface area contributed by atoms with E-state index < -0.39 is 0 Å². The summed E-state index contributed by atoms with van der Waals surface area (Å²) in [5.74, 6) is 0.622. The molecule has 1 nitrogen and oxygen atoms in total. The third-order valence-corrected chi connectivity index (χ3v) is 1.42. The first kappa shape index (κ1) is 8.67. The molecule has 0 heterocycles. The Balaban J connectivity index is 3.55. The van der Waals surface area contributed by atoms with Crippen LogP contribution in [0.2, 0.25) is 0 Å². The molecule has 0 radical (unpaired) electrons. The smallest absolute Gasteiger partial charge is 0.0386 e. The molecule has 0 saturated carbocycles. The van der Waals surface area contributed by atoms with Crippen LogP contribution in [0.15, 0.2) is 4.99 Å². The standard InChI is InChI=1S/C8H17N/c1-5-6-9-8(4)7(2)3/h7H,5-6H2,1-4H3. The number of hydrogen-bond acceptors (Lipinski definition) is 1. The second kappa shape index (κ2) is 4.54. The summed E-state index contributed by atoms with van der Waals surface area (Å²) in [6, 6.07) is 0. The molecule has 0 N–H and O–H groups in total. The summed E-state index contributed by atoms with van der Waals surface area (Å²) in [5, 5.41) is 0. The summed E-state index contributed by atoms with van der Waals surface area (Å²) < 4.78 is 0. The second-order valence-corrected chi connectivity index (χ2v) is 2.68. The molecule has 0 aliphatic carbocycles. The lowest BCUT2D eigenvalue weighted by Gasteiger charge is -2.01. The number of rotatable bonds is 3. The molecule has 0 rings (SSSR count). The molecule has 0 aromatic rings. The highest BCUT2D eigenvalue weighted by Gasteiger charge is 1.94. The predicted octanol–water partition coefficient (Wildman–Crippen LogP) is 2.51. The van der Waals surface area contributed by atoms with Crippen molar-refractivity contribution in [3.63, 3.8) is 0 Å². The Kier molecular flexibility index (Phi) is 4.37. The normalized spacial score (nSPS) is 12.8. The molecular weight excluding hydrogens is 110 g/mol. The fraction of sp³-hybridized carbons (Fsp3) is 0.875. The van der Waals surface area contributed by atoms with Gasteiger partial charge in [0.25, 0.3) is 0 Å². The Morgan fingerprint density at radius 3 is 2.33 bits per heavy atom. The van der Waals surface area contributed by atoms with Gasteiger partial charge in [-0.1, -0.05) is 20.8 Å². The van der Waals surface area contributed by atoms with E-state index in [1.54, 1.807) is 0 Å². The van der Waals surface area contributed by atoms with Gasteiger partial charge in [0.15, 0.2) is 0 Å². The van der Waals surface area contributed by atoms with E-state index in [1.165, 1.54) is 5.71 Å². The molecule has 0 saturated heterocycles. The molecule has 0 atom stereocenters. The van der Waals surface area contributed by atoms with Gasteiger partial charge in [-0.25, -0.2) is 0 Å². The highest BCUT2D eigenvalue weighted by atomic mass is 14.7. The van der Waals surface area contributed by atoms with Crippen LogP contribution in [0, 0.1) is 5.92 Å². The Morgan fingerprint density at radius 2 is 2.00 bits per heavy atom. The minimum atomic E-state index is 0.622. The zero-order chi connectivity index (χ0) is 7.28. The topological polar surface area (TPSA) is 12.4 Å². The average molecular weight is 127 g/mol. The van der Waals surface area contributed by atoms with E-state index in [0.29, 0.717) is 5.92 Å². The van der Waals surface area contributed by atoms with Crippen LogP contribution in [-0.2, 0) is 0 Å². The van der Waals surface area contributed by atoms with Gasteiger partial charge in [-0.3, -0.25) is 4.99 Å². The number of aliphatic imine (C=N–C) groups is 1. The molecule has 9 heavy (non-hydrogen) atoms. The minimum Gasteiger partial charge on any atom is -0.294 e. The molecule has 0 aliphatic heterocycles. The van der Waals surface area contributed by atoms with Gasteiger partial charge in [-0.15, -0.1) is 0 Å². The van der Waals surface area contributed by atoms with Crippen molar-refractivity contribution >= 4 is 5.71 Å². The maximum atomic E-state index is 4.36. The molecule has 0 fully saturated rings. The lowest BCUT2D eigenvalue weighted by molar-refractivity contribution is 0.847. The van der Waals surface area contributed by atoms with Crippen molar-refractivity contribution in [1.29, 1.82) is 0 Å². The quantitative estimate of drug-likeness (QED) is 0.516. The van der Waals surface area contributed by atoms with Crippen molar-refractivity contribution in [3.05, 3.63) is 0 Å². The number of nitrogens with zero attached hydrogens (tertiary/aromatic N) is 1. The Hall–Kier alpha value is -0.330. The van der Waals surface area contributed by atoms with E-state index in [0.717, 1.165) is 13.0 Å². The second-order valence-electron chi connectivity index (χ2n) is 2.68. The van der Waals surface area contributed by atoms with Crippen molar-refractivity contribution in [2.75, 3.05) is 6.54 Å². The number of hydrogen-bond donors (Lipinski definition) is 0. The Labute approximate surface area is 58.2 Å². The fourth-order valence-corrected chi connectivity index (χ4v) is 0.471. The van der Waals surface area contributed by atoms with Gasteiger partial charge in [0.05, 0.1) is 0 Å². The van der Waals surface area contributed by atoms with Crippen molar-refractivity contribution < 1.29 is 0 Å². The zero-order valence-electron chi connectivity index (χ0n) is 6.94. The van der Waals surface area contributed by atoms with Crippen LogP contribution in [-0.4, -0.2) is 12.3 Å². The van der Waals surface area contributed by atoms with Crippen molar-refractivity contribution in [3.8, 4) is 0 Å². The van der Waals surface area contributed by atoms with Gasteiger partial charge >= 0.3 is 0 Å². The van der Waals surface area contributed by atoms with Gasteiger partial charge in [-0.2, -0.15) is 0 Å². The van der Waals surface area contributed by atoms with Crippen LogP contribution >= 0.6 is 0 Å². The van der Waals surface area contributed by atoms with E-state index in [2.05, 4.69) is 32.7 Å². The first-order valence-corrected chi connectivity index (χ1v) is 3.69. The largest absolute Gasteiger partial charge is 0.294 e. The highest BCUT2D eigenvalue weighted by Crippen LogP contribution is 1.95. The summed E-state index contributed by atoms with van der Waals surface area (Å²) in [7, 11) is 0. The summed E-state index contributed by atoms with van der Waals surface area (Å²) in [4.78, 5) is 4.36. The van der Waals surface area contributed by atoms with Crippen LogP contribution < -0.4 is 0 Å². The van der Waals surface area contributed by atoms with E-state index in [-0.39, 0.29) is 0 Å². The third-order valence-electron chi connectivity index (χ3n) is 1.42. The van der Waals surface area contributed by atoms with Crippen LogP contribution in [0.5, 0.6) is 0 Å². The third kappa shape index (κ3) is 4.19. The lowest BCUT2D eigenvalue weighted by Crippen LogP contribution is -2.02. The van der Waals surface area contributed by atoms with E-state index in [1.807, 2.05) is 0 Å². The molecule has 0 bridgehead atoms. The molecular formula is C8H17N. The van der Waals surface area contributed by atoms with Gasteiger partial charge in [0, 0.05) is 12.3 Å². The molecule has 1 heteroatoms. The molecule has 0 amide bonds. The lowest BCUT2D eigenvalue weighted by atomic mass is 10.1. The average Bonchev–Trinajstić information content (AvgIpc) is 1.82. The maximum Gasteiger partial charge on any atom is 0.0386 e. The minimum absolute atomic E-state index is 0.622. The molecule has 54 valence electrons. The predicted molar refractivity (Wildman–Crippen MR) is 43.1 cm³/mol. The summed E-state index contributed by atoms with van der Waals surface area (Å²) in [5.41, 5.74) is 1.27. The van der Waals surface area contributed by atoms with E-state index in [9.17, 15) is 0 Å². The first-order chi connectivity index (χ1) is 4.18. The Morgan fingerprint density at radius 1 is 1.44 bits per heavy atom. The van der Waals surface area contributed by atoms with Crippen LogP contribution in [0.1, 0.15) is 34.1 Å². The van der Waals surface area contributed by atoms with Crippen LogP contribution in [0.4, 0.5) is 0 Å². The highest BCUT2D eigenvalue weighted by molar-refractivity contribution is 5.83. The first-order valence-electron chi connectivity index (χ1n) is 3.69. The monoisotopic (exact) mass is 127 g/mol. The summed E-state index contributed by atoms with van der Waals surface area (Å²) in [6.45, 7) is 9.59. The zero-order valence-corrected chi connectivity index (χ0v) is 6.94. The van der Waals surface area contributed by atoms with Crippen molar-refractivity contribution in [2.45, 2.75) is 34.1 Å². The van der Waals surface area contributed by atoms with Crippen molar-refractivity contribution in [2.24, 2.45) is 10.9 Å². The summed E-state index contributed by atoms with van der Waals surface area (Å²) in [6.07, 6.45) is 1.16. The SMILES string of the molecule is CCCN=C(C)C(C)C. The van der Waals surface area contributed by atoms with Crippen molar-refractivity contribution in [1.82, 2.24) is 0 Å². The molecule has 0 aromatic heterocycles. The molecule has 0 unspecified atom stereocenters. The van der Waals surface area contributed by atoms with Gasteiger partial charge in [0.2, 0.25) is 0 Å². The van der Waals surface area contributed by atoms with Gasteiger partial charge < -0.3 is 0 Å². The Bertz CT molecular complexity index is 92.7.